The molecule has 0 aliphatic carbocycles. The minimum absolute atomic E-state index is 0.0111. The van der Waals surface area contributed by atoms with Gasteiger partial charge in [-0.15, -0.1) is 0 Å². The lowest BCUT2D eigenvalue weighted by molar-refractivity contribution is -0.121. The van der Waals surface area contributed by atoms with E-state index in [1.54, 1.807) is 25.3 Å². The van der Waals surface area contributed by atoms with Gasteiger partial charge in [0.15, 0.2) is 17.3 Å². The number of rotatable bonds is 9. The average molecular weight is 511 g/mol. The minimum Gasteiger partial charge on any atom is -0.504 e. The van der Waals surface area contributed by atoms with Gasteiger partial charge in [0.1, 0.15) is 11.5 Å². The van der Waals surface area contributed by atoms with Crippen molar-refractivity contribution < 1.29 is 28.6 Å². The van der Waals surface area contributed by atoms with Crippen LogP contribution in [-0.2, 0) is 4.79 Å². The van der Waals surface area contributed by atoms with Gasteiger partial charge in [0, 0.05) is 19.0 Å². The number of furan rings is 1. The number of hydrogen-bond acceptors (Lipinski definition) is 8. The van der Waals surface area contributed by atoms with Crippen LogP contribution in [0.25, 0.3) is 0 Å². The Morgan fingerprint density at radius 2 is 1.89 bits per heavy atom. The molecule has 4 rings (SSSR count). The first-order valence-corrected chi connectivity index (χ1v) is 12.6. The van der Waals surface area contributed by atoms with Crippen molar-refractivity contribution in [1.29, 1.82) is 0 Å². The highest BCUT2D eigenvalue weighted by atomic mass is 16.5. The van der Waals surface area contributed by atoms with E-state index in [9.17, 15) is 19.8 Å². The van der Waals surface area contributed by atoms with E-state index < -0.39 is 17.1 Å². The third kappa shape index (κ3) is 6.35. The summed E-state index contributed by atoms with van der Waals surface area (Å²) in [6, 6.07) is 9.48. The average Bonchev–Trinajstić information content (AvgIpc) is 3.28. The van der Waals surface area contributed by atoms with Crippen LogP contribution in [0.1, 0.15) is 66.9 Å². The fourth-order valence-corrected chi connectivity index (χ4v) is 4.90. The predicted octanol–water partition coefficient (Wildman–Crippen LogP) is 4.22. The van der Waals surface area contributed by atoms with Gasteiger partial charge in [0.2, 0.25) is 17.1 Å². The van der Waals surface area contributed by atoms with Crippen molar-refractivity contribution in [1.82, 2.24) is 10.2 Å². The molecule has 1 aromatic carbocycles. The second-order valence-corrected chi connectivity index (χ2v) is 9.41. The zero-order valence-electron chi connectivity index (χ0n) is 21.2. The fraction of sp³-hybridized carbons (Fsp3) is 0.429. The highest BCUT2D eigenvalue weighted by Gasteiger charge is 2.28. The molecule has 1 amide bonds. The molecule has 198 valence electrons. The largest absolute Gasteiger partial charge is 0.504 e. The Kier molecular flexibility index (Phi) is 8.55. The van der Waals surface area contributed by atoms with Crippen LogP contribution < -0.4 is 15.5 Å². The summed E-state index contributed by atoms with van der Waals surface area (Å²) < 4.78 is 16.7. The first-order chi connectivity index (χ1) is 17.9. The van der Waals surface area contributed by atoms with Gasteiger partial charge >= 0.3 is 0 Å². The number of phenols is 1. The molecule has 0 unspecified atom stereocenters. The van der Waals surface area contributed by atoms with E-state index in [4.69, 9.17) is 13.6 Å². The molecule has 1 saturated heterocycles. The summed E-state index contributed by atoms with van der Waals surface area (Å²) >= 11 is 0. The van der Waals surface area contributed by atoms with E-state index in [2.05, 4.69) is 10.2 Å². The molecule has 37 heavy (non-hydrogen) atoms. The molecule has 1 aliphatic heterocycles. The van der Waals surface area contributed by atoms with Crippen LogP contribution in [0.5, 0.6) is 17.2 Å². The molecular weight excluding hydrogens is 476 g/mol. The number of aromatic hydroxyl groups is 2. The SMILES string of the molecule is COc1cc([C@@H](CC(=O)NC[C@@H](c2ccco2)N2CCCCCC2)c2oc(C)cc(=O)c2O)ccc1O. The molecule has 3 N–H and O–H groups in total. The zero-order chi connectivity index (χ0) is 26.4. The van der Waals surface area contributed by atoms with Gasteiger partial charge in [-0.3, -0.25) is 14.5 Å². The Morgan fingerprint density at radius 3 is 2.57 bits per heavy atom. The molecule has 2 aromatic heterocycles. The van der Waals surface area contributed by atoms with Crippen LogP contribution >= 0.6 is 0 Å². The molecule has 1 aliphatic rings. The molecule has 9 heteroatoms. The number of carbonyl (C=O) groups is 1. The lowest BCUT2D eigenvalue weighted by atomic mass is 9.91. The third-order valence-electron chi connectivity index (χ3n) is 6.83. The highest BCUT2D eigenvalue weighted by molar-refractivity contribution is 5.77. The topological polar surface area (TPSA) is 125 Å². The number of hydrogen-bond donors (Lipinski definition) is 3. The molecule has 0 bridgehead atoms. The lowest BCUT2D eigenvalue weighted by Crippen LogP contribution is -2.39. The van der Waals surface area contributed by atoms with E-state index in [0.29, 0.717) is 17.9 Å². The molecule has 3 heterocycles. The van der Waals surface area contributed by atoms with Gasteiger partial charge in [-0.2, -0.15) is 0 Å². The summed E-state index contributed by atoms with van der Waals surface area (Å²) in [5, 5.41) is 23.6. The lowest BCUT2D eigenvalue weighted by Gasteiger charge is -2.29. The summed E-state index contributed by atoms with van der Waals surface area (Å²) in [6.45, 7) is 3.81. The van der Waals surface area contributed by atoms with Gasteiger partial charge in [-0.05, 0) is 62.7 Å². The number of ether oxygens (including phenoxy) is 1. The minimum atomic E-state index is -0.789. The summed E-state index contributed by atoms with van der Waals surface area (Å²) in [4.78, 5) is 27.9. The standard InChI is InChI=1S/C28H34N2O7/c1-18-14-23(32)27(34)28(37-18)20(19-9-10-22(31)25(15-19)35-2)16-26(33)29-17-21(24-8-7-13-36-24)30-11-5-3-4-6-12-30/h7-10,13-15,20-21,31,34H,3-6,11-12,16-17H2,1-2H3,(H,29,33)/t20-,21+/m1/s1. The van der Waals surface area contributed by atoms with Gasteiger partial charge in [-0.25, -0.2) is 0 Å². The molecule has 3 aromatic rings. The number of carbonyl (C=O) groups excluding carboxylic acids is 1. The second-order valence-electron chi connectivity index (χ2n) is 9.41. The van der Waals surface area contributed by atoms with Gasteiger partial charge in [0.25, 0.3) is 0 Å². The Morgan fingerprint density at radius 1 is 1.14 bits per heavy atom. The molecule has 2 atom stereocenters. The number of amides is 1. The van der Waals surface area contributed by atoms with Crippen molar-refractivity contribution in [3.63, 3.8) is 0 Å². The number of benzene rings is 1. The molecule has 0 radical (unpaired) electrons. The molecule has 1 fully saturated rings. The van der Waals surface area contributed by atoms with Crippen molar-refractivity contribution >= 4 is 5.91 Å². The molecule has 0 spiro atoms. The Bertz CT molecular complexity index is 1240. The predicted molar refractivity (Wildman–Crippen MR) is 137 cm³/mol. The number of nitrogens with zero attached hydrogens (tertiary/aromatic N) is 1. The van der Waals surface area contributed by atoms with E-state index in [0.717, 1.165) is 31.7 Å². The van der Waals surface area contributed by atoms with Crippen LogP contribution in [0.15, 0.2) is 56.3 Å². The van der Waals surface area contributed by atoms with Crippen LogP contribution in [-0.4, -0.2) is 47.8 Å². The number of aryl methyl sites for hydroxylation is 1. The normalized spacial score (nSPS) is 16.1. The van der Waals surface area contributed by atoms with Crippen molar-refractivity contribution in [2.75, 3.05) is 26.7 Å². The number of phenolic OH excluding ortho intramolecular Hbond substituents is 1. The van der Waals surface area contributed by atoms with Crippen LogP contribution in [0.4, 0.5) is 0 Å². The summed E-state index contributed by atoms with van der Waals surface area (Å²) in [5.41, 5.74) is -0.0436. The monoisotopic (exact) mass is 510 g/mol. The van der Waals surface area contributed by atoms with E-state index >= 15 is 0 Å². The molecule has 0 saturated carbocycles. The number of nitrogens with one attached hydrogen (secondary N) is 1. The highest BCUT2D eigenvalue weighted by Crippen LogP contribution is 2.37. The summed E-state index contributed by atoms with van der Waals surface area (Å²) in [6.07, 6.45) is 6.12. The maximum atomic E-state index is 13.3. The van der Waals surface area contributed by atoms with Crippen LogP contribution in [0.3, 0.4) is 0 Å². The van der Waals surface area contributed by atoms with E-state index in [1.807, 2.05) is 12.1 Å². The van der Waals surface area contributed by atoms with Crippen molar-refractivity contribution in [3.8, 4) is 17.2 Å². The zero-order valence-corrected chi connectivity index (χ0v) is 21.2. The first-order valence-electron chi connectivity index (χ1n) is 12.6. The smallest absolute Gasteiger partial charge is 0.227 e. The molecular formula is C28H34N2O7. The Labute approximate surface area is 215 Å². The van der Waals surface area contributed by atoms with Gasteiger partial charge in [-0.1, -0.05) is 18.9 Å². The Balaban J connectivity index is 1.58. The summed E-state index contributed by atoms with van der Waals surface area (Å²) in [7, 11) is 1.42. The number of likely N-dealkylation sites (tertiary alicyclic amines) is 1. The second kappa shape index (κ2) is 12.0. The fourth-order valence-electron chi connectivity index (χ4n) is 4.90. The van der Waals surface area contributed by atoms with Crippen molar-refractivity contribution in [2.24, 2.45) is 0 Å². The van der Waals surface area contributed by atoms with Crippen LogP contribution in [0.2, 0.25) is 0 Å². The van der Waals surface area contributed by atoms with Crippen molar-refractivity contribution in [3.05, 3.63) is 75.7 Å². The number of methoxy groups -OCH3 is 1. The van der Waals surface area contributed by atoms with E-state index in [1.165, 1.54) is 32.1 Å². The third-order valence-corrected chi connectivity index (χ3v) is 6.83. The van der Waals surface area contributed by atoms with Crippen LogP contribution in [0, 0.1) is 6.92 Å². The Hall–Kier alpha value is -3.72. The maximum absolute atomic E-state index is 13.3. The quantitative estimate of drug-likeness (QED) is 0.391. The van der Waals surface area contributed by atoms with E-state index in [-0.39, 0.29) is 35.6 Å². The first kappa shape index (κ1) is 26.3. The molecule has 9 nitrogen and oxygen atoms in total. The maximum Gasteiger partial charge on any atom is 0.227 e. The van der Waals surface area contributed by atoms with Gasteiger partial charge in [0.05, 0.1) is 25.3 Å². The van der Waals surface area contributed by atoms with Gasteiger partial charge < -0.3 is 29.1 Å². The van der Waals surface area contributed by atoms with Crippen molar-refractivity contribution in [2.45, 2.75) is 51.0 Å². The summed E-state index contributed by atoms with van der Waals surface area (Å²) in [5.74, 6) is -0.386.